The molecule has 3 heterocycles. The van der Waals surface area contributed by atoms with Crippen molar-refractivity contribution in [2.24, 2.45) is 4.99 Å². The van der Waals surface area contributed by atoms with Gasteiger partial charge in [-0.25, -0.2) is 4.98 Å². The molecule has 2 aliphatic rings. The first-order valence-corrected chi connectivity index (χ1v) is 8.61. The van der Waals surface area contributed by atoms with E-state index in [0.29, 0.717) is 6.04 Å². The molecule has 0 saturated heterocycles. The van der Waals surface area contributed by atoms with Crippen molar-refractivity contribution in [3.63, 3.8) is 0 Å². The summed E-state index contributed by atoms with van der Waals surface area (Å²) in [6.45, 7) is 7.74. The van der Waals surface area contributed by atoms with Crippen molar-refractivity contribution < 1.29 is 0 Å². The number of aromatic nitrogens is 1. The van der Waals surface area contributed by atoms with Crippen LogP contribution in [0.5, 0.6) is 0 Å². The molecule has 0 fully saturated rings. The van der Waals surface area contributed by atoms with Crippen molar-refractivity contribution in [2.45, 2.75) is 38.0 Å². The number of aliphatic imine (C=N–C) groups is 1. The molecule has 0 aliphatic carbocycles. The third-order valence-electron chi connectivity index (χ3n) is 4.18. The molecule has 0 amide bonds. The SMILES string of the molecule is CC1N=C(c2nc3cc4c(cc3s2)NCC4)SC1(C)C. The number of hydrogen-bond donors (Lipinski definition) is 1. The lowest BCUT2D eigenvalue weighted by molar-refractivity contribution is 0.594. The number of rotatable bonds is 1. The summed E-state index contributed by atoms with van der Waals surface area (Å²) in [7, 11) is 0. The zero-order valence-corrected chi connectivity index (χ0v) is 13.5. The van der Waals surface area contributed by atoms with Crippen LogP contribution in [0.25, 0.3) is 10.2 Å². The number of thioether (sulfide) groups is 1. The maximum Gasteiger partial charge on any atom is 0.149 e. The molecule has 104 valence electrons. The zero-order valence-electron chi connectivity index (χ0n) is 11.9. The van der Waals surface area contributed by atoms with Crippen molar-refractivity contribution in [1.29, 1.82) is 0 Å². The highest BCUT2D eigenvalue weighted by Crippen LogP contribution is 2.41. The lowest BCUT2D eigenvalue weighted by Gasteiger charge is -2.19. The van der Waals surface area contributed by atoms with Gasteiger partial charge in [0.15, 0.2) is 0 Å². The Morgan fingerprint density at radius 1 is 1.35 bits per heavy atom. The summed E-state index contributed by atoms with van der Waals surface area (Å²) in [5.74, 6) is 0. The van der Waals surface area contributed by atoms with Crippen LogP contribution < -0.4 is 5.32 Å². The third kappa shape index (κ3) is 1.87. The van der Waals surface area contributed by atoms with E-state index in [2.05, 4.69) is 38.2 Å². The summed E-state index contributed by atoms with van der Waals surface area (Å²) in [6.07, 6.45) is 1.11. The van der Waals surface area contributed by atoms with E-state index < -0.39 is 0 Å². The third-order valence-corrected chi connectivity index (χ3v) is 6.70. The summed E-state index contributed by atoms with van der Waals surface area (Å²) >= 11 is 3.62. The molecule has 1 aromatic heterocycles. The molecule has 20 heavy (non-hydrogen) atoms. The number of nitrogens with zero attached hydrogens (tertiary/aromatic N) is 2. The van der Waals surface area contributed by atoms with Crippen LogP contribution in [-0.2, 0) is 6.42 Å². The Labute approximate surface area is 126 Å². The minimum atomic E-state index is 0.177. The van der Waals surface area contributed by atoms with Gasteiger partial charge in [0.25, 0.3) is 0 Å². The normalized spacial score (nSPS) is 23.8. The Morgan fingerprint density at radius 3 is 2.95 bits per heavy atom. The number of anilines is 1. The van der Waals surface area contributed by atoms with Crippen LogP contribution in [0.2, 0.25) is 0 Å². The zero-order chi connectivity index (χ0) is 13.9. The molecule has 0 saturated carbocycles. The quantitative estimate of drug-likeness (QED) is 0.867. The smallest absolute Gasteiger partial charge is 0.149 e. The first-order chi connectivity index (χ1) is 9.53. The minimum Gasteiger partial charge on any atom is -0.384 e. The molecule has 5 heteroatoms. The number of benzene rings is 1. The molecule has 2 aliphatic heterocycles. The largest absolute Gasteiger partial charge is 0.384 e. The van der Waals surface area contributed by atoms with E-state index >= 15 is 0 Å². The van der Waals surface area contributed by atoms with E-state index in [-0.39, 0.29) is 4.75 Å². The Kier molecular flexibility index (Phi) is 2.67. The molecular weight excluding hydrogens is 286 g/mol. The second kappa shape index (κ2) is 4.21. The van der Waals surface area contributed by atoms with E-state index in [1.165, 1.54) is 16.0 Å². The standard InChI is InChI=1S/C15H17N3S2/c1-8-15(2,3)20-14(17-8)13-18-11-6-9-4-5-16-10(9)7-12(11)19-13/h6-8,16H,4-5H2,1-3H3. The van der Waals surface area contributed by atoms with Gasteiger partial charge < -0.3 is 5.32 Å². The van der Waals surface area contributed by atoms with E-state index in [0.717, 1.165) is 28.5 Å². The van der Waals surface area contributed by atoms with Crippen LogP contribution in [0.1, 0.15) is 31.3 Å². The number of thiazole rings is 1. The number of fused-ring (bicyclic) bond motifs is 2. The first-order valence-electron chi connectivity index (χ1n) is 6.97. The fourth-order valence-electron chi connectivity index (χ4n) is 2.60. The van der Waals surface area contributed by atoms with Crippen molar-refractivity contribution in [3.8, 4) is 0 Å². The second-order valence-electron chi connectivity index (χ2n) is 5.99. The molecule has 4 rings (SSSR count). The van der Waals surface area contributed by atoms with Gasteiger partial charge in [-0.15, -0.1) is 11.3 Å². The maximum absolute atomic E-state index is 4.81. The molecule has 1 atom stereocenters. The Bertz CT molecular complexity index is 689. The lowest BCUT2D eigenvalue weighted by atomic mass is 10.1. The van der Waals surface area contributed by atoms with Gasteiger partial charge >= 0.3 is 0 Å². The van der Waals surface area contributed by atoms with Crippen LogP contribution >= 0.6 is 23.1 Å². The van der Waals surface area contributed by atoms with Crippen LogP contribution in [0.3, 0.4) is 0 Å². The topological polar surface area (TPSA) is 37.3 Å². The van der Waals surface area contributed by atoms with E-state index in [4.69, 9.17) is 9.98 Å². The molecule has 1 aromatic carbocycles. The van der Waals surface area contributed by atoms with Crippen LogP contribution in [0.4, 0.5) is 5.69 Å². The van der Waals surface area contributed by atoms with E-state index in [1.54, 1.807) is 11.3 Å². The number of hydrogen-bond acceptors (Lipinski definition) is 5. The lowest BCUT2D eigenvalue weighted by Crippen LogP contribution is -2.24. The highest BCUT2D eigenvalue weighted by atomic mass is 32.2. The molecule has 1 N–H and O–H groups in total. The fraction of sp³-hybridized carbons (Fsp3) is 0.467. The molecule has 0 bridgehead atoms. The van der Waals surface area contributed by atoms with Gasteiger partial charge in [-0.3, -0.25) is 4.99 Å². The minimum absolute atomic E-state index is 0.177. The Balaban J connectivity index is 1.77. The molecule has 0 radical (unpaired) electrons. The summed E-state index contributed by atoms with van der Waals surface area (Å²) in [5, 5.41) is 5.62. The van der Waals surface area contributed by atoms with Crippen molar-refractivity contribution >= 4 is 44.0 Å². The second-order valence-corrected chi connectivity index (χ2v) is 8.66. The van der Waals surface area contributed by atoms with Crippen LogP contribution in [0.15, 0.2) is 17.1 Å². The van der Waals surface area contributed by atoms with Crippen molar-refractivity contribution in [1.82, 2.24) is 4.98 Å². The Hall–Kier alpha value is -1.07. The summed E-state index contributed by atoms with van der Waals surface area (Å²) in [4.78, 5) is 9.61. The predicted molar refractivity (Wildman–Crippen MR) is 89.5 cm³/mol. The van der Waals surface area contributed by atoms with Crippen molar-refractivity contribution in [2.75, 3.05) is 11.9 Å². The monoisotopic (exact) mass is 303 g/mol. The van der Waals surface area contributed by atoms with Gasteiger partial charge in [0.1, 0.15) is 10.1 Å². The molecule has 1 unspecified atom stereocenters. The van der Waals surface area contributed by atoms with Gasteiger partial charge in [0, 0.05) is 17.0 Å². The molecule has 0 spiro atoms. The molecular formula is C15H17N3S2. The average Bonchev–Trinajstić information content (AvgIpc) is 3.04. The average molecular weight is 303 g/mol. The summed E-state index contributed by atoms with van der Waals surface area (Å²) in [5.41, 5.74) is 3.79. The fourth-order valence-corrected chi connectivity index (χ4v) is 4.80. The van der Waals surface area contributed by atoms with Gasteiger partial charge in [-0.2, -0.15) is 0 Å². The molecule has 3 nitrogen and oxygen atoms in total. The van der Waals surface area contributed by atoms with Crippen molar-refractivity contribution in [3.05, 3.63) is 22.7 Å². The van der Waals surface area contributed by atoms with Crippen LogP contribution in [-0.4, -0.2) is 27.4 Å². The summed E-state index contributed by atoms with van der Waals surface area (Å²) < 4.78 is 1.44. The van der Waals surface area contributed by atoms with E-state index in [9.17, 15) is 0 Å². The number of nitrogens with one attached hydrogen (secondary N) is 1. The van der Waals surface area contributed by atoms with Gasteiger partial charge in [0.2, 0.25) is 0 Å². The first kappa shape index (κ1) is 12.7. The van der Waals surface area contributed by atoms with Gasteiger partial charge in [0.05, 0.1) is 16.3 Å². The highest BCUT2D eigenvalue weighted by Gasteiger charge is 2.35. The van der Waals surface area contributed by atoms with Gasteiger partial charge in [-0.1, -0.05) is 11.8 Å². The predicted octanol–water partition coefficient (Wildman–Crippen LogP) is 3.92. The van der Waals surface area contributed by atoms with Gasteiger partial charge in [-0.05, 0) is 44.9 Å². The van der Waals surface area contributed by atoms with E-state index in [1.807, 2.05) is 11.8 Å². The van der Waals surface area contributed by atoms with Crippen LogP contribution in [0, 0.1) is 0 Å². The highest BCUT2D eigenvalue weighted by molar-refractivity contribution is 8.16. The molecule has 2 aromatic rings. The summed E-state index contributed by atoms with van der Waals surface area (Å²) in [6, 6.07) is 4.83. The maximum atomic E-state index is 4.81. The Morgan fingerprint density at radius 2 is 2.20 bits per heavy atom.